The Hall–Kier alpha value is -3.73. The molecular weight excluding hydrogens is 437 g/mol. The Morgan fingerprint density at radius 2 is 1.97 bits per heavy atom. The van der Waals surface area contributed by atoms with Crippen molar-refractivity contribution in [3.63, 3.8) is 0 Å². The molecule has 4 aromatic rings. The van der Waals surface area contributed by atoms with Crippen LogP contribution in [0.15, 0.2) is 48.9 Å². The maximum absolute atomic E-state index is 13.3. The van der Waals surface area contributed by atoms with Gasteiger partial charge in [0.1, 0.15) is 5.69 Å². The highest BCUT2D eigenvalue weighted by Gasteiger charge is 2.55. The van der Waals surface area contributed by atoms with Crippen LogP contribution in [-0.4, -0.2) is 41.6 Å². The molecule has 0 saturated heterocycles. The van der Waals surface area contributed by atoms with E-state index >= 15 is 0 Å². The van der Waals surface area contributed by atoms with Crippen LogP contribution < -0.4 is 5.73 Å². The van der Waals surface area contributed by atoms with Gasteiger partial charge in [-0.1, -0.05) is 12.1 Å². The zero-order valence-corrected chi connectivity index (χ0v) is 17.8. The second-order valence-corrected chi connectivity index (χ2v) is 7.80. The van der Waals surface area contributed by atoms with Gasteiger partial charge in [0.05, 0.1) is 24.0 Å². The van der Waals surface area contributed by atoms with Gasteiger partial charge in [-0.25, -0.2) is 4.68 Å². The normalized spacial score (nSPS) is 13.9. The van der Waals surface area contributed by atoms with Crippen LogP contribution in [0.3, 0.4) is 0 Å². The first-order valence-corrected chi connectivity index (χ1v) is 10.1. The maximum atomic E-state index is 13.3. The number of pyridine rings is 2. The highest BCUT2D eigenvalue weighted by atomic mass is 19.4. The molecule has 8 nitrogen and oxygen atoms in total. The Morgan fingerprint density at radius 3 is 2.61 bits per heavy atom. The number of fused-ring (bicyclic) bond motifs is 1. The predicted octanol–water partition coefficient (Wildman–Crippen LogP) is 3.21. The Labute approximate surface area is 186 Å². The number of hydrogen-bond acceptors (Lipinski definition) is 5. The summed E-state index contributed by atoms with van der Waals surface area (Å²) in [4.78, 5) is 16.3. The Balaban J connectivity index is 1.71. The van der Waals surface area contributed by atoms with Crippen LogP contribution in [0.1, 0.15) is 40.7 Å². The molecule has 0 radical (unpaired) electrons. The van der Waals surface area contributed by atoms with Crippen LogP contribution in [0, 0.1) is 6.92 Å². The van der Waals surface area contributed by atoms with Crippen molar-refractivity contribution in [2.45, 2.75) is 38.6 Å². The molecule has 0 saturated carbocycles. The molecule has 1 amide bonds. The number of hydrogen-bond donors (Lipinski definition) is 2. The molecule has 0 fully saturated rings. The fraction of sp³-hybridized carbons (Fsp3) is 0.273. The monoisotopic (exact) mass is 458 g/mol. The number of aromatic nitrogens is 5. The van der Waals surface area contributed by atoms with E-state index in [0.29, 0.717) is 22.3 Å². The number of rotatable bonds is 6. The SMILES string of the molecule is CCC(O)(c1cn(Cc2ccn3c(-c4ccnc(C)c4)c(C(N)=O)cc3c2)nn1)C(F)(F)F. The lowest BCUT2D eigenvalue weighted by Gasteiger charge is -2.26. The number of primary amides is 1. The lowest BCUT2D eigenvalue weighted by molar-refractivity contribution is -0.269. The highest BCUT2D eigenvalue weighted by molar-refractivity contribution is 6.01. The van der Waals surface area contributed by atoms with Crippen molar-refractivity contribution in [2.75, 3.05) is 0 Å². The average molecular weight is 458 g/mol. The lowest BCUT2D eigenvalue weighted by Crippen LogP contribution is -2.42. The molecule has 0 bridgehead atoms. The maximum Gasteiger partial charge on any atom is 0.423 e. The van der Waals surface area contributed by atoms with Gasteiger partial charge < -0.3 is 15.2 Å². The molecule has 0 aliphatic heterocycles. The summed E-state index contributed by atoms with van der Waals surface area (Å²) < 4.78 is 42.9. The van der Waals surface area contributed by atoms with Crippen molar-refractivity contribution in [1.29, 1.82) is 0 Å². The quantitative estimate of drug-likeness (QED) is 0.461. The van der Waals surface area contributed by atoms with Crippen LogP contribution >= 0.6 is 0 Å². The van der Waals surface area contributed by atoms with E-state index in [1.54, 1.807) is 36.7 Å². The summed E-state index contributed by atoms with van der Waals surface area (Å²) >= 11 is 0. The summed E-state index contributed by atoms with van der Waals surface area (Å²) in [7, 11) is 0. The van der Waals surface area contributed by atoms with E-state index in [-0.39, 0.29) is 6.54 Å². The van der Waals surface area contributed by atoms with E-state index < -0.39 is 29.8 Å². The number of aryl methyl sites for hydroxylation is 1. The van der Waals surface area contributed by atoms with Crippen LogP contribution in [0.5, 0.6) is 0 Å². The zero-order chi connectivity index (χ0) is 24.0. The van der Waals surface area contributed by atoms with Crippen LogP contribution in [-0.2, 0) is 12.1 Å². The molecule has 0 aromatic carbocycles. The lowest BCUT2D eigenvalue weighted by atomic mass is 9.96. The predicted molar refractivity (Wildman–Crippen MR) is 113 cm³/mol. The number of carbonyl (C=O) groups is 1. The minimum atomic E-state index is -4.87. The van der Waals surface area contributed by atoms with Gasteiger partial charge in [0, 0.05) is 29.2 Å². The van der Waals surface area contributed by atoms with E-state index in [1.807, 2.05) is 17.4 Å². The molecule has 4 rings (SSSR count). The molecule has 0 aliphatic rings. The Kier molecular flexibility index (Phi) is 5.44. The molecule has 4 aromatic heterocycles. The van der Waals surface area contributed by atoms with Crippen LogP contribution in [0.2, 0.25) is 0 Å². The molecule has 1 atom stereocenters. The molecule has 172 valence electrons. The van der Waals surface area contributed by atoms with Crippen molar-refractivity contribution in [3.05, 3.63) is 71.4 Å². The molecule has 1 unspecified atom stereocenters. The van der Waals surface area contributed by atoms with Gasteiger partial charge in [-0.2, -0.15) is 13.2 Å². The van der Waals surface area contributed by atoms with Gasteiger partial charge in [-0.05, 0) is 49.2 Å². The summed E-state index contributed by atoms with van der Waals surface area (Å²) in [6.07, 6.45) is -0.986. The van der Waals surface area contributed by atoms with E-state index in [9.17, 15) is 23.1 Å². The molecule has 4 heterocycles. The molecule has 33 heavy (non-hydrogen) atoms. The number of nitrogens with zero attached hydrogens (tertiary/aromatic N) is 5. The van der Waals surface area contributed by atoms with Gasteiger partial charge in [0.2, 0.25) is 5.60 Å². The fourth-order valence-electron chi connectivity index (χ4n) is 3.78. The summed E-state index contributed by atoms with van der Waals surface area (Å²) in [5.74, 6) is -0.586. The van der Waals surface area contributed by atoms with E-state index in [0.717, 1.165) is 17.5 Å². The molecule has 3 N–H and O–H groups in total. The number of halogens is 3. The first kappa shape index (κ1) is 22.5. The summed E-state index contributed by atoms with van der Waals surface area (Å²) in [6, 6.07) is 8.81. The number of alkyl halides is 3. The second kappa shape index (κ2) is 8.00. The summed E-state index contributed by atoms with van der Waals surface area (Å²) in [5, 5.41) is 17.4. The van der Waals surface area contributed by atoms with Gasteiger partial charge in [0.15, 0.2) is 0 Å². The third kappa shape index (κ3) is 3.95. The largest absolute Gasteiger partial charge is 0.423 e. The van der Waals surface area contributed by atoms with Crippen molar-refractivity contribution >= 4 is 11.4 Å². The van der Waals surface area contributed by atoms with Gasteiger partial charge >= 0.3 is 6.18 Å². The van der Waals surface area contributed by atoms with E-state index in [4.69, 9.17) is 5.73 Å². The fourth-order valence-corrected chi connectivity index (χ4v) is 3.78. The standard InChI is InChI=1S/C22H21F3N6O2/c1-3-21(33,22(23,24)25)18-12-30(29-28-18)11-14-5-7-31-16(9-14)10-17(20(26)32)19(31)15-4-6-27-13(2)8-15/h4-10,12,33H,3,11H2,1-2H3,(H2,26,32). The average Bonchev–Trinajstić information content (AvgIpc) is 3.37. The van der Waals surface area contributed by atoms with Crippen molar-refractivity contribution in [3.8, 4) is 11.3 Å². The van der Waals surface area contributed by atoms with Crippen molar-refractivity contribution in [2.24, 2.45) is 5.73 Å². The topological polar surface area (TPSA) is 111 Å². The van der Waals surface area contributed by atoms with E-state index in [1.165, 1.54) is 11.6 Å². The summed E-state index contributed by atoms with van der Waals surface area (Å²) in [6.45, 7) is 3.18. The molecular formula is C22H21F3N6O2. The van der Waals surface area contributed by atoms with Crippen molar-refractivity contribution < 1.29 is 23.1 Å². The first-order chi connectivity index (χ1) is 15.5. The third-order valence-corrected chi connectivity index (χ3v) is 5.56. The minimum Gasteiger partial charge on any atom is -0.375 e. The van der Waals surface area contributed by atoms with Gasteiger partial charge in [0.25, 0.3) is 5.91 Å². The van der Waals surface area contributed by atoms with Crippen LogP contribution in [0.4, 0.5) is 13.2 Å². The smallest absolute Gasteiger partial charge is 0.375 e. The third-order valence-electron chi connectivity index (χ3n) is 5.56. The van der Waals surface area contributed by atoms with Crippen molar-refractivity contribution in [1.82, 2.24) is 24.4 Å². The number of carbonyl (C=O) groups excluding carboxylic acids is 1. The summed E-state index contributed by atoms with van der Waals surface area (Å²) in [5.41, 5.74) is 5.86. The number of aliphatic hydroxyl groups is 1. The number of amides is 1. The van der Waals surface area contributed by atoms with E-state index in [2.05, 4.69) is 15.3 Å². The first-order valence-electron chi connectivity index (χ1n) is 10.1. The molecule has 0 spiro atoms. The zero-order valence-electron chi connectivity index (χ0n) is 17.8. The van der Waals surface area contributed by atoms with Crippen LogP contribution in [0.25, 0.3) is 16.8 Å². The highest BCUT2D eigenvalue weighted by Crippen LogP contribution is 2.40. The number of nitrogens with two attached hydrogens (primary N) is 1. The van der Waals surface area contributed by atoms with Gasteiger partial charge in [-0.3, -0.25) is 9.78 Å². The molecule has 0 aliphatic carbocycles. The Bertz CT molecular complexity index is 1340. The molecule has 11 heteroatoms. The second-order valence-electron chi connectivity index (χ2n) is 7.80. The Morgan fingerprint density at radius 1 is 1.21 bits per heavy atom. The van der Waals surface area contributed by atoms with Gasteiger partial charge in [-0.15, -0.1) is 5.10 Å². The minimum absolute atomic E-state index is 0.113.